The van der Waals surface area contributed by atoms with Crippen LogP contribution in [0.3, 0.4) is 0 Å². The van der Waals surface area contributed by atoms with E-state index < -0.39 is 0 Å². The quantitative estimate of drug-likeness (QED) is 0.491. The van der Waals surface area contributed by atoms with E-state index in [0.717, 1.165) is 39.3 Å². The maximum absolute atomic E-state index is 12.2. The van der Waals surface area contributed by atoms with Crippen molar-refractivity contribution in [1.82, 2.24) is 25.3 Å². The van der Waals surface area contributed by atoms with Gasteiger partial charge in [-0.25, -0.2) is 15.0 Å². The molecule has 4 rings (SSSR count). The number of benzene rings is 1. The number of hydrogen-bond donors (Lipinski definition) is 2. The molecule has 3 heterocycles. The van der Waals surface area contributed by atoms with Gasteiger partial charge in [0, 0.05) is 52.8 Å². The Labute approximate surface area is 216 Å². The number of aliphatic hydroxyl groups is 1. The van der Waals surface area contributed by atoms with E-state index in [-0.39, 0.29) is 36.8 Å². The minimum absolute atomic E-state index is 0.115. The van der Waals surface area contributed by atoms with Gasteiger partial charge in [0.1, 0.15) is 17.8 Å². The van der Waals surface area contributed by atoms with Gasteiger partial charge in [0.2, 0.25) is 0 Å². The number of hydrazine groups is 1. The van der Waals surface area contributed by atoms with E-state index in [1.54, 1.807) is 25.7 Å². The number of amides is 1. The molecule has 2 aromatic heterocycles. The van der Waals surface area contributed by atoms with E-state index in [0.29, 0.717) is 10.8 Å². The molecule has 0 bridgehead atoms. The fourth-order valence-electron chi connectivity index (χ4n) is 4.81. The number of nitrogens with one attached hydrogen (secondary N) is 1. The largest absolute Gasteiger partial charge is 0.496 e. The van der Waals surface area contributed by atoms with E-state index in [1.165, 1.54) is 0 Å². The molecule has 3 aromatic rings. The van der Waals surface area contributed by atoms with E-state index in [4.69, 9.17) is 21.4 Å². The number of ether oxygens (including phenoxy) is 1. The van der Waals surface area contributed by atoms with E-state index in [9.17, 15) is 4.79 Å². The van der Waals surface area contributed by atoms with Gasteiger partial charge in [-0.1, -0.05) is 17.7 Å². The lowest BCUT2D eigenvalue weighted by molar-refractivity contribution is 0.0940. The van der Waals surface area contributed by atoms with Crippen LogP contribution in [0.4, 0.5) is 5.82 Å². The van der Waals surface area contributed by atoms with Crippen LogP contribution in [-0.2, 0) is 0 Å². The zero-order chi connectivity index (χ0) is 26.1. The maximum Gasteiger partial charge on any atom is 0.269 e. The summed E-state index contributed by atoms with van der Waals surface area (Å²) in [7, 11) is 3.68. The second-order valence-corrected chi connectivity index (χ2v) is 9.27. The van der Waals surface area contributed by atoms with Crippen molar-refractivity contribution in [3.63, 3.8) is 0 Å². The third-order valence-corrected chi connectivity index (χ3v) is 7.20. The number of methoxy groups -OCH3 is 1. The van der Waals surface area contributed by atoms with Gasteiger partial charge in [-0.3, -0.25) is 14.8 Å². The number of aliphatic hydroxyl groups excluding tert-OH is 1. The van der Waals surface area contributed by atoms with Gasteiger partial charge in [-0.05, 0) is 45.4 Å². The molecule has 190 valence electrons. The van der Waals surface area contributed by atoms with Crippen molar-refractivity contribution in [2.24, 2.45) is 0 Å². The van der Waals surface area contributed by atoms with Crippen molar-refractivity contribution in [3.05, 3.63) is 63.8 Å². The predicted octanol–water partition coefficient (Wildman–Crippen LogP) is 4.03. The number of hydrogen-bond acceptors (Lipinski definition) is 8. The summed E-state index contributed by atoms with van der Waals surface area (Å²) in [6.45, 7) is 8.20. The number of fused-ring (bicyclic) bond motifs is 1. The van der Waals surface area contributed by atoms with Gasteiger partial charge in [-0.2, -0.15) is 0 Å². The topological polar surface area (TPSA) is 104 Å². The third-order valence-electron chi connectivity index (χ3n) is 6.81. The Bertz CT molecular complexity index is 1280. The molecule has 2 atom stereocenters. The SMILES string of the molecule is COc1c(C(C)N2c3ncnc(C)c3C(C)N2C)cc(Cl)c(C)c1-c1ccc(C(=O)NCCO)nc1. The normalized spacial score (nSPS) is 16.1. The predicted molar refractivity (Wildman–Crippen MR) is 139 cm³/mol. The van der Waals surface area contributed by atoms with Crippen LogP contribution in [0.5, 0.6) is 5.75 Å². The van der Waals surface area contributed by atoms with Crippen LogP contribution in [0.1, 0.15) is 58.8 Å². The van der Waals surface area contributed by atoms with Crippen molar-refractivity contribution in [1.29, 1.82) is 0 Å². The molecule has 0 radical (unpaired) electrons. The molecule has 0 spiro atoms. The number of pyridine rings is 1. The lowest BCUT2D eigenvalue weighted by atomic mass is 9.94. The van der Waals surface area contributed by atoms with Crippen molar-refractivity contribution < 1.29 is 14.6 Å². The molecule has 1 amide bonds. The highest BCUT2D eigenvalue weighted by atomic mass is 35.5. The number of carbonyl (C=O) groups excluding carboxylic acids is 1. The van der Waals surface area contributed by atoms with Crippen molar-refractivity contribution >= 4 is 23.3 Å². The van der Waals surface area contributed by atoms with Gasteiger partial charge in [0.25, 0.3) is 5.91 Å². The molecule has 1 aromatic carbocycles. The Morgan fingerprint density at radius 3 is 2.67 bits per heavy atom. The van der Waals surface area contributed by atoms with Crippen LogP contribution in [0.15, 0.2) is 30.7 Å². The molecule has 10 heteroatoms. The van der Waals surface area contributed by atoms with Gasteiger partial charge >= 0.3 is 0 Å². The standard InChI is InChI=1S/C26H31ClN6O3/c1-14-20(27)11-19(16(3)33-25-23(17(4)32(33)5)15(2)30-13-31-25)24(36-6)22(14)18-7-8-21(29-12-18)26(35)28-9-10-34/h7-8,11-13,16-17,34H,9-10H2,1-6H3,(H,28,35). The third kappa shape index (κ3) is 4.38. The first-order valence-corrected chi connectivity index (χ1v) is 12.1. The Balaban J connectivity index is 1.79. The summed E-state index contributed by atoms with van der Waals surface area (Å²) in [6.07, 6.45) is 3.23. The molecule has 36 heavy (non-hydrogen) atoms. The van der Waals surface area contributed by atoms with Crippen LogP contribution in [-0.4, -0.2) is 58.3 Å². The monoisotopic (exact) mass is 510 g/mol. The summed E-state index contributed by atoms with van der Waals surface area (Å²) in [4.78, 5) is 25.6. The van der Waals surface area contributed by atoms with Crippen LogP contribution in [0.25, 0.3) is 11.1 Å². The molecule has 2 unspecified atom stereocenters. The number of rotatable bonds is 7. The van der Waals surface area contributed by atoms with Crippen LogP contribution < -0.4 is 15.1 Å². The molecule has 2 N–H and O–H groups in total. The molecule has 0 saturated carbocycles. The van der Waals surface area contributed by atoms with Gasteiger partial charge in [0.05, 0.1) is 25.8 Å². The molecule has 0 aliphatic carbocycles. The van der Waals surface area contributed by atoms with Gasteiger partial charge < -0.3 is 15.2 Å². The Morgan fingerprint density at radius 1 is 1.28 bits per heavy atom. The van der Waals surface area contributed by atoms with Crippen LogP contribution in [0.2, 0.25) is 5.02 Å². The van der Waals surface area contributed by atoms with E-state index in [1.807, 2.05) is 33.0 Å². The highest BCUT2D eigenvalue weighted by molar-refractivity contribution is 6.32. The summed E-state index contributed by atoms with van der Waals surface area (Å²) in [5, 5.41) is 16.5. The summed E-state index contributed by atoms with van der Waals surface area (Å²) >= 11 is 6.76. The van der Waals surface area contributed by atoms with Crippen molar-refractivity contribution in [2.75, 3.05) is 32.3 Å². The zero-order valence-electron chi connectivity index (χ0n) is 21.3. The molecule has 1 aliphatic rings. The number of nitrogens with zero attached hydrogens (tertiary/aromatic N) is 5. The fourth-order valence-corrected chi connectivity index (χ4v) is 5.02. The van der Waals surface area contributed by atoms with Gasteiger partial charge in [0.15, 0.2) is 5.82 Å². The second kappa shape index (κ2) is 10.4. The smallest absolute Gasteiger partial charge is 0.269 e. The highest BCUT2D eigenvalue weighted by Gasteiger charge is 2.38. The lowest BCUT2D eigenvalue weighted by Gasteiger charge is -2.35. The second-order valence-electron chi connectivity index (χ2n) is 8.86. The number of carbonyl (C=O) groups is 1. The first-order chi connectivity index (χ1) is 17.2. The van der Waals surface area contributed by atoms with Crippen LogP contribution in [0, 0.1) is 13.8 Å². The number of aryl methyl sites for hydroxylation is 1. The average molecular weight is 511 g/mol. The summed E-state index contributed by atoms with van der Waals surface area (Å²) in [5.41, 5.74) is 5.66. The Kier molecular flexibility index (Phi) is 7.44. The summed E-state index contributed by atoms with van der Waals surface area (Å²) in [6, 6.07) is 5.38. The molecule has 0 saturated heterocycles. The molecule has 1 aliphatic heterocycles. The highest BCUT2D eigenvalue weighted by Crippen LogP contribution is 2.47. The first-order valence-electron chi connectivity index (χ1n) is 11.8. The minimum Gasteiger partial charge on any atom is -0.496 e. The lowest BCUT2D eigenvalue weighted by Crippen LogP contribution is -2.38. The molecular weight excluding hydrogens is 480 g/mol. The number of anilines is 1. The fraction of sp³-hybridized carbons (Fsp3) is 0.385. The maximum atomic E-state index is 12.2. The van der Waals surface area contributed by atoms with Crippen molar-refractivity contribution in [2.45, 2.75) is 39.8 Å². The Morgan fingerprint density at radius 2 is 2.03 bits per heavy atom. The molecule has 0 fully saturated rings. The van der Waals surface area contributed by atoms with E-state index >= 15 is 0 Å². The number of aromatic nitrogens is 3. The average Bonchev–Trinajstić information content (AvgIpc) is 3.14. The molecule has 9 nitrogen and oxygen atoms in total. The first kappa shape index (κ1) is 25.8. The summed E-state index contributed by atoms with van der Waals surface area (Å²) < 4.78 is 5.98. The van der Waals surface area contributed by atoms with E-state index in [2.05, 4.69) is 44.1 Å². The zero-order valence-corrected chi connectivity index (χ0v) is 22.1. The van der Waals surface area contributed by atoms with Crippen molar-refractivity contribution in [3.8, 4) is 16.9 Å². The minimum atomic E-state index is -0.346. The summed E-state index contributed by atoms with van der Waals surface area (Å²) in [5.74, 6) is 1.20. The van der Waals surface area contributed by atoms with Gasteiger partial charge in [-0.15, -0.1) is 0 Å². The molecular formula is C26H31ClN6O3. The number of halogens is 1. The Hall–Kier alpha value is -3.27. The van der Waals surface area contributed by atoms with Crippen LogP contribution >= 0.6 is 11.6 Å².